The third-order valence-corrected chi connectivity index (χ3v) is 6.73. The summed E-state index contributed by atoms with van der Waals surface area (Å²) in [5.41, 5.74) is 10.3. The Balaban J connectivity index is 1.55. The molecule has 6 rings (SSSR count). The average molecular weight is 499 g/mol. The van der Waals surface area contributed by atoms with E-state index in [0.717, 1.165) is 55.9 Å². The van der Waals surface area contributed by atoms with Gasteiger partial charge < -0.3 is 0 Å². The Bertz CT molecular complexity index is 1510. The second-order valence-corrected chi connectivity index (χ2v) is 9.19. The Morgan fingerprint density at radius 2 is 0.538 bits per heavy atom. The second-order valence-electron chi connectivity index (χ2n) is 9.19. The molecule has 184 valence electrons. The molecule has 0 N–H and O–H groups in total. The van der Waals surface area contributed by atoms with Crippen LogP contribution in [0.25, 0.3) is 44.5 Å². The number of nitrogens with zero attached hydrogens (tertiary/aromatic N) is 2. The molecule has 0 aliphatic carbocycles. The number of hydrogen-bond donors (Lipinski definition) is 0. The molecule has 0 saturated carbocycles. The number of para-hydroxylation sites is 2. The molecule has 39 heavy (non-hydrogen) atoms. The maximum atomic E-state index is 4.91. The zero-order chi connectivity index (χ0) is 26.3. The van der Waals surface area contributed by atoms with Gasteiger partial charge in [-0.3, -0.25) is 0 Å². The standard InChI is InChI=1S/C37H26N2/c1-5-15-28(16-6-1)32-23-13-24-33(29-17-7-2-8-18-29)36(32)38-27-39-37-34(30-19-9-3-10-20-30)25-14-26-35(37)31-21-11-4-12-22-31/h1-26H. The van der Waals surface area contributed by atoms with Crippen LogP contribution >= 0.6 is 0 Å². The third-order valence-electron chi connectivity index (χ3n) is 6.73. The van der Waals surface area contributed by atoms with Crippen molar-refractivity contribution in [2.45, 2.75) is 0 Å². The van der Waals surface area contributed by atoms with Gasteiger partial charge in [-0.05, 0) is 22.3 Å². The van der Waals surface area contributed by atoms with Crippen molar-refractivity contribution in [3.8, 4) is 44.5 Å². The van der Waals surface area contributed by atoms with E-state index in [-0.39, 0.29) is 0 Å². The zero-order valence-corrected chi connectivity index (χ0v) is 21.4. The SMILES string of the molecule is C(=Nc1c(-c2ccccc2)cccc1-c1ccccc1)=Nc1c(-c2ccccc2)cccc1-c1ccccc1. The monoisotopic (exact) mass is 498 g/mol. The minimum absolute atomic E-state index is 0.845. The summed E-state index contributed by atoms with van der Waals surface area (Å²) in [6, 6.07) is 57.1. The smallest absolute Gasteiger partial charge is 0.101 e. The van der Waals surface area contributed by atoms with Gasteiger partial charge in [-0.1, -0.05) is 158 Å². The summed E-state index contributed by atoms with van der Waals surface area (Å²) >= 11 is 0. The van der Waals surface area contributed by atoms with Crippen LogP contribution in [0, 0.1) is 0 Å². The molecule has 2 heteroatoms. The lowest BCUT2D eigenvalue weighted by atomic mass is 9.96. The first kappa shape index (κ1) is 24.1. The molecule has 0 fully saturated rings. The average Bonchev–Trinajstić information content (AvgIpc) is 3.03. The van der Waals surface area contributed by atoms with Crippen molar-refractivity contribution in [2.24, 2.45) is 9.98 Å². The lowest BCUT2D eigenvalue weighted by Crippen LogP contribution is -1.85. The summed E-state index contributed by atoms with van der Waals surface area (Å²) in [7, 11) is 0. The molecule has 0 bridgehead atoms. The second kappa shape index (κ2) is 11.4. The Morgan fingerprint density at radius 3 is 0.795 bits per heavy atom. The van der Waals surface area contributed by atoms with Gasteiger partial charge in [-0.15, -0.1) is 0 Å². The fourth-order valence-corrected chi connectivity index (χ4v) is 4.86. The van der Waals surface area contributed by atoms with Gasteiger partial charge in [0.1, 0.15) is 6.01 Å². The molecule has 6 aromatic rings. The molecule has 0 aliphatic rings. The Labute approximate surface area is 229 Å². The minimum Gasteiger partial charge on any atom is -0.186 e. The van der Waals surface area contributed by atoms with Gasteiger partial charge >= 0.3 is 0 Å². The van der Waals surface area contributed by atoms with E-state index in [2.05, 4.69) is 90.9 Å². The number of aliphatic imine (C=N–C) groups is 2. The minimum atomic E-state index is 0.845. The number of benzene rings is 6. The normalized spacial score (nSPS) is 10.5. The van der Waals surface area contributed by atoms with E-state index in [1.807, 2.05) is 72.8 Å². The Kier molecular flexibility index (Phi) is 7.03. The van der Waals surface area contributed by atoms with Gasteiger partial charge in [0.15, 0.2) is 0 Å². The number of hydrogen-bond acceptors (Lipinski definition) is 2. The molecular weight excluding hydrogens is 472 g/mol. The molecule has 0 aliphatic heterocycles. The number of rotatable bonds is 6. The Morgan fingerprint density at radius 1 is 0.282 bits per heavy atom. The van der Waals surface area contributed by atoms with Crippen LogP contribution < -0.4 is 0 Å². The van der Waals surface area contributed by atoms with Crippen LogP contribution in [0.15, 0.2) is 168 Å². The highest BCUT2D eigenvalue weighted by atomic mass is 14.8. The summed E-state index contributed by atoms with van der Waals surface area (Å²) < 4.78 is 0. The zero-order valence-electron chi connectivity index (χ0n) is 21.4. The Hall–Kier alpha value is -5.30. The van der Waals surface area contributed by atoms with Crippen molar-refractivity contribution in [1.82, 2.24) is 0 Å². The van der Waals surface area contributed by atoms with Crippen LogP contribution in [0.3, 0.4) is 0 Å². The lowest BCUT2D eigenvalue weighted by molar-refractivity contribution is 1.47. The van der Waals surface area contributed by atoms with Crippen molar-refractivity contribution < 1.29 is 0 Å². The lowest BCUT2D eigenvalue weighted by Gasteiger charge is -2.12. The summed E-state index contributed by atoms with van der Waals surface area (Å²) in [5.74, 6) is 0. The predicted molar refractivity (Wildman–Crippen MR) is 164 cm³/mol. The van der Waals surface area contributed by atoms with E-state index in [4.69, 9.17) is 9.98 Å². The van der Waals surface area contributed by atoms with E-state index in [0.29, 0.717) is 0 Å². The van der Waals surface area contributed by atoms with Gasteiger partial charge in [0.05, 0.1) is 11.4 Å². The van der Waals surface area contributed by atoms with E-state index in [9.17, 15) is 0 Å². The summed E-state index contributed by atoms with van der Waals surface area (Å²) in [5, 5.41) is 0. The highest BCUT2D eigenvalue weighted by Crippen LogP contribution is 2.41. The van der Waals surface area contributed by atoms with Crippen LogP contribution in [0.1, 0.15) is 0 Å². The molecule has 0 atom stereocenters. The van der Waals surface area contributed by atoms with Gasteiger partial charge in [0.2, 0.25) is 0 Å². The van der Waals surface area contributed by atoms with Crippen molar-refractivity contribution in [1.29, 1.82) is 0 Å². The van der Waals surface area contributed by atoms with Gasteiger partial charge in [-0.25, -0.2) is 0 Å². The van der Waals surface area contributed by atoms with Crippen molar-refractivity contribution in [2.75, 3.05) is 0 Å². The van der Waals surface area contributed by atoms with Gasteiger partial charge in [0.25, 0.3) is 0 Å². The van der Waals surface area contributed by atoms with Crippen LogP contribution in [-0.2, 0) is 0 Å². The first-order valence-electron chi connectivity index (χ1n) is 13.0. The fourth-order valence-electron chi connectivity index (χ4n) is 4.86. The van der Waals surface area contributed by atoms with Crippen LogP contribution in [0.4, 0.5) is 11.4 Å². The highest BCUT2D eigenvalue weighted by Gasteiger charge is 2.13. The van der Waals surface area contributed by atoms with Gasteiger partial charge in [-0.2, -0.15) is 9.98 Å². The molecule has 0 saturated heterocycles. The van der Waals surface area contributed by atoms with E-state index >= 15 is 0 Å². The van der Waals surface area contributed by atoms with E-state index in [1.54, 1.807) is 0 Å². The fraction of sp³-hybridized carbons (Fsp3) is 0. The topological polar surface area (TPSA) is 24.7 Å². The van der Waals surface area contributed by atoms with Crippen LogP contribution in [0.5, 0.6) is 0 Å². The largest absolute Gasteiger partial charge is 0.186 e. The van der Waals surface area contributed by atoms with Crippen molar-refractivity contribution >= 4 is 17.4 Å². The molecular formula is C37H26N2. The quantitative estimate of drug-likeness (QED) is 0.204. The first-order valence-corrected chi connectivity index (χ1v) is 13.0. The summed E-state index contributed by atoms with van der Waals surface area (Å²) in [6.45, 7) is 0. The molecule has 2 nitrogen and oxygen atoms in total. The molecule has 0 radical (unpaired) electrons. The highest BCUT2D eigenvalue weighted by molar-refractivity contribution is 5.92. The molecule has 0 unspecified atom stereocenters. The molecule has 0 heterocycles. The van der Waals surface area contributed by atoms with E-state index in [1.165, 1.54) is 0 Å². The summed E-state index contributed by atoms with van der Waals surface area (Å²) in [6.07, 6.45) is 0. The van der Waals surface area contributed by atoms with Gasteiger partial charge in [0, 0.05) is 22.3 Å². The summed E-state index contributed by atoms with van der Waals surface area (Å²) in [4.78, 5) is 9.81. The van der Waals surface area contributed by atoms with E-state index < -0.39 is 0 Å². The van der Waals surface area contributed by atoms with Crippen LogP contribution in [0.2, 0.25) is 0 Å². The van der Waals surface area contributed by atoms with Crippen molar-refractivity contribution in [3.05, 3.63) is 158 Å². The maximum absolute atomic E-state index is 4.91. The van der Waals surface area contributed by atoms with Crippen molar-refractivity contribution in [3.63, 3.8) is 0 Å². The third kappa shape index (κ3) is 5.24. The predicted octanol–water partition coefficient (Wildman–Crippen LogP) is 10.5. The molecule has 0 aromatic heterocycles. The molecule has 6 aromatic carbocycles. The molecule has 0 amide bonds. The first-order chi connectivity index (χ1) is 19.4. The molecule has 0 spiro atoms. The van der Waals surface area contributed by atoms with Crippen LogP contribution in [-0.4, -0.2) is 6.01 Å². The maximum Gasteiger partial charge on any atom is 0.101 e.